The van der Waals surface area contributed by atoms with Crippen LogP contribution in [0.1, 0.15) is 49.9 Å². The van der Waals surface area contributed by atoms with Crippen molar-refractivity contribution in [1.29, 1.82) is 0 Å². The number of aromatic hydroxyl groups is 2. The van der Waals surface area contributed by atoms with Crippen LogP contribution >= 0.6 is 0 Å². The van der Waals surface area contributed by atoms with Crippen molar-refractivity contribution in [3.05, 3.63) is 119 Å². The third-order valence-corrected chi connectivity index (χ3v) is 8.74. The molecule has 0 fully saturated rings. The van der Waals surface area contributed by atoms with Crippen molar-refractivity contribution in [1.82, 2.24) is 0 Å². The lowest BCUT2D eigenvalue weighted by molar-refractivity contribution is 0.474. The van der Waals surface area contributed by atoms with Gasteiger partial charge in [-0.1, -0.05) is 76.2 Å². The van der Waals surface area contributed by atoms with Gasteiger partial charge < -0.3 is 10.2 Å². The highest BCUT2D eigenvalue weighted by atomic mass is 32.2. The molecule has 4 aromatic carbocycles. The van der Waals surface area contributed by atoms with Gasteiger partial charge in [0.2, 0.25) is 9.84 Å². The molecule has 0 atom stereocenters. The second-order valence-electron chi connectivity index (χ2n) is 9.90. The number of hydrogen-bond donors (Lipinski definition) is 2. The Morgan fingerprint density at radius 3 is 0.943 bits per heavy atom. The lowest BCUT2D eigenvalue weighted by Crippen LogP contribution is -2.19. The third kappa shape index (κ3) is 4.69. The average Bonchev–Trinajstić information content (AvgIpc) is 2.85. The van der Waals surface area contributed by atoms with Crippen molar-refractivity contribution in [3.8, 4) is 11.5 Å². The summed E-state index contributed by atoms with van der Waals surface area (Å²) in [5.41, 5.74) is 3.31. The van der Waals surface area contributed by atoms with E-state index in [4.69, 9.17) is 0 Å². The topological polar surface area (TPSA) is 74.6 Å². The summed E-state index contributed by atoms with van der Waals surface area (Å²) in [6.45, 7) is 8.27. The summed E-state index contributed by atoms with van der Waals surface area (Å²) >= 11 is 0. The molecule has 180 valence electrons. The lowest BCUT2D eigenvalue weighted by atomic mass is 9.78. The predicted octanol–water partition coefficient (Wildman–Crippen LogP) is 6.58. The summed E-state index contributed by atoms with van der Waals surface area (Å²) in [7, 11) is -3.67. The number of phenolic OH excluding ortho intramolecular Hbond substituents is 2. The second-order valence-corrected chi connectivity index (χ2v) is 11.8. The molecule has 0 aromatic heterocycles. The number of hydrogen-bond acceptors (Lipinski definition) is 4. The maximum absolute atomic E-state index is 13.3. The van der Waals surface area contributed by atoms with Crippen LogP contribution in [-0.2, 0) is 20.7 Å². The molecule has 0 aliphatic rings. The van der Waals surface area contributed by atoms with E-state index in [1.807, 2.05) is 48.5 Å². The quantitative estimate of drug-likeness (QED) is 0.323. The number of benzene rings is 4. The van der Waals surface area contributed by atoms with E-state index in [1.54, 1.807) is 48.5 Å². The molecule has 0 aliphatic heterocycles. The first-order valence-corrected chi connectivity index (χ1v) is 13.0. The van der Waals surface area contributed by atoms with Crippen LogP contribution in [0.2, 0.25) is 0 Å². The van der Waals surface area contributed by atoms with Crippen LogP contribution in [0.25, 0.3) is 0 Å². The summed E-state index contributed by atoms with van der Waals surface area (Å²) in [6.07, 6.45) is 0. The van der Waals surface area contributed by atoms with Gasteiger partial charge >= 0.3 is 0 Å². The van der Waals surface area contributed by atoms with E-state index >= 15 is 0 Å². The normalized spacial score (nSPS) is 12.5. The SMILES string of the molecule is CC(C)(c1ccc(O)cc1)c1ccc(S(=O)(=O)c2ccc(C(C)(C)c3ccc(O)cc3)cc2)cc1. The Morgan fingerprint density at radius 2 is 0.686 bits per heavy atom. The Labute approximate surface area is 207 Å². The van der Waals surface area contributed by atoms with Gasteiger partial charge in [0.25, 0.3) is 0 Å². The van der Waals surface area contributed by atoms with Gasteiger partial charge in [-0.15, -0.1) is 0 Å². The van der Waals surface area contributed by atoms with Crippen molar-refractivity contribution in [2.45, 2.75) is 48.3 Å². The molecule has 4 rings (SSSR count). The average molecular weight is 487 g/mol. The molecule has 4 aromatic rings. The van der Waals surface area contributed by atoms with E-state index in [-0.39, 0.29) is 32.1 Å². The molecule has 0 amide bonds. The smallest absolute Gasteiger partial charge is 0.206 e. The first-order valence-electron chi connectivity index (χ1n) is 11.5. The molecule has 0 aliphatic carbocycles. The Balaban J connectivity index is 1.60. The minimum absolute atomic E-state index is 0.212. The van der Waals surface area contributed by atoms with Crippen LogP contribution < -0.4 is 0 Å². The zero-order valence-corrected chi connectivity index (χ0v) is 21.2. The van der Waals surface area contributed by atoms with Gasteiger partial charge in [0.15, 0.2) is 0 Å². The van der Waals surface area contributed by atoms with Gasteiger partial charge in [-0.3, -0.25) is 0 Å². The van der Waals surface area contributed by atoms with Crippen molar-refractivity contribution < 1.29 is 18.6 Å². The summed E-state index contributed by atoms with van der Waals surface area (Å²) in [4.78, 5) is 0.488. The van der Waals surface area contributed by atoms with Gasteiger partial charge in [0.05, 0.1) is 9.79 Å². The minimum atomic E-state index is -3.67. The monoisotopic (exact) mass is 486 g/mol. The van der Waals surface area contributed by atoms with Gasteiger partial charge in [-0.25, -0.2) is 8.42 Å². The molecule has 2 N–H and O–H groups in total. The van der Waals surface area contributed by atoms with E-state index in [2.05, 4.69) is 27.7 Å². The van der Waals surface area contributed by atoms with Crippen molar-refractivity contribution in [3.63, 3.8) is 0 Å². The van der Waals surface area contributed by atoms with E-state index in [0.717, 1.165) is 22.3 Å². The molecule has 0 radical (unpaired) electrons. The summed E-state index contributed by atoms with van der Waals surface area (Å²) < 4.78 is 26.6. The molecule has 0 spiro atoms. The zero-order valence-electron chi connectivity index (χ0n) is 20.4. The lowest BCUT2D eigenvalue weighted by Gasteiger charge is -2.26. The molecule has 0 bridgehead atoms. The first kappa shape index (κ1) is 24.6. The van der Waals surface area contributed by atoms with Gasteiger partial charge in [-0.05, 0) is 70.8 Å². The maximum Gasteiger partial charge on any atom is 0.206 e. The highest BCUT2D eigenvalue weighted by molar-refractivity contribution is 7.91. The van der Waals surface area contributed by atoms with Gasteiger partial charge in [0.1, 0.15) is 11.5 Å². The molecular weight excluding hydrogens is 456 g/mol. The highest BCUT2D eigenvalue weighted by Gasteiger charge is 2.26. The van der Waals surface area contributed by atoms with Crippen molar-refractivity contribution in [2.75, 3.05) is 0 Å². The Hall–Kier alpha value is -3.57. The summed E-state index contributed by atoms with van der Waals surface area (Å²) in [5, 5.41) is 19.2. The van der Waals surface area contributed by atoms with Crippen LogP contribution in [-0.4, -0.2) is 18.6 Å². The molecule has 0 heterocycles. The van der Waals surface area contributed by atoms with E-state index < -0.39 is 9.84 Å². The summed E-state index contributed by atoms with van der Waals surface area (Å²) in [6, 6.07) is 28.1. The van der Waals surface area contributed by atoms with Crippen molar-refractivity contribution in [2.24, 2.45) is 0 Å². The van der Waals surface area contributed by atoms with Gasteiger partial charge in [0, 0.05) is 10.8 Å². The third-order valence-electron chi connectivity index (χ3n) is 6.95. The zero-order chi connectivity index (χ0) is 25.4. The highest BCUT2D eigenvalue weighted by Crippen LogP contribution is 2.35. The molecule has 35 heavy (non-hydrogen) atoms. The molecule has 4 nitrogen and oxygen atoms in total. The van der Waals surface area contributed by atoms with Crippen LogP contribution in [0, 0.1) is 0 Å². The largest absolute Gasteiger partial charge is 0.508 e. The van der Waals surface area contributed by atoms with Crippen LogP contribution in [0.15, 0.2) is 107 Å². The molecule has 0 saturated heterocycles. The Kier molecular flexibility index (Phi) is 6.24. The molecule has 0 saturated carbocycles. The summed E-state index contributed by atoms with van der Waals surface area (Å²) in [5.74, 6) is 0.423. The molecule has 5 heteroatoms. The maximum atomic E-state index is 13.3. The van der Waals surface area contributed by atoms with E-state index in [1.165, 1.54) is 0 Å². The van der Waals surface area contributed by atoms with Crippen molar-refractivity contribution >= 4 is 9.84 Å². The second kappa shape index (κ2) is 8.90. The predicted molar refractivity (Wildman–Crippen MR) is 139 cm³/mol. The fraction of sp³-hybridized carbons (Fsp3) is 0.200. The van der Waals surface area contributed by atoms with E-state index in [9.17, 15) is 18.6 Å². The number of rotatable bonds is 6. The standard InChI is InChI=1S/C30H30O4S/c1-29(2,21-5-13-25(31)14-6-21)23-9-17-27(18-10-23)35(33,34)28-19-11-24(12-20-28)30(3,4)22-7-15-26(32)16-8-22/h5-20,31-32H,1-4H3. The van der Waals surface area contributed by atoms with Crippen LogP contribution in [0.4, 0.5) is 0 Å². The number of phenols is 2. The van der Waals surface area contributed by atoms with Gasteiger partial charge in [-0.2, -0.15) is 0 Å². The first-order chi connectivity index (χ1) is 16.4. The van der Waals surface area contributed by atoms with E-state index in [0.29, 0.717) is 0 Å². The van der Waals surface area contributed by atoms with Crippen LogP contribution in [0.5, 0.6) is 11.5 Å². The minimum Gasteiger partial charge on any atom is -0.508 e. The fourth-order valence-corrected chi connectivity index (χ4v) is 5.59. The Bertz CT molecular complexity index is 1310. The Morgan fingerprint density at radius 1 is 0.457 bits per heavy atom. The van der Waals surface area contributed by atoms with Crippen LogP contribution in [0.3, 0.4) is 0 Å². The number of sulfone groups is 1. The fourth-order valence-electron chi connectivity index (χ4n) is 4.33. The molecule has 0 unspecified atom stereocenters. The molecular formula is C30H30O4S.